The van der Waals surface area contributed by atoms with Crippen molar-refractivity contribution in [1.29, 1.82) is 0 Å². The number of urea groups is 1. The minimum absolute atomic E-state index is 0.0727. The number of halogens is 1. The van der Waals surface area contributed by atoms with Gasteiger partial charge in [0.05, 0.1) is 13.2 Å². The van der Waals surface area contributed by atoms with E-state index < -0.39 is 39.9 Å². The largest absolute Gasteiger partial charge is 0.506 e. The average Bonchev–Trinajstić information content (AvgIpc) is 3.27. The van der Waals surface area contributed by atoms with Crippen molar-refractivity contribution in [3.05, 3.63) is 23.0 Å². The smallest absolute Gasteiger partial charge is 0.326 e. The Balaban J connectivity index is 1.56. The molecule has 0 aliphatic carbocycles. The van der Waals surface area contributed by atoms with Crippen LogP contribution >= 0.6 is 0 Å². The van der Waals surface area contributed by atoms with Crippen LogP contribution < -0.4 is 14.3 Å². The minimum atomic E-state index is -4.28. The number of benzene rings is 1. The zero-order valence-electron chi connectivity index (χ0n) is 15.5. The van der Waals surface area contributed by atoms with Crippen molar-refractivity contribution in [3.63, 3.8) is 0 Å². The fraction of sp³-hybridized carbons (Fsp3) is 0.529. The number of fused-ring (bicyclic) bond motifs is 1. The Morgan fingerprint density at radius 1 is 1.41 bits per heavy atom. The summed E-state index contributed by atoms with van der Waals surface area (Å²) >= 11 is 0. The van der Waals surface area contributed by atoms with Gasteiger partial charge in [-0.2, -0.15) is 8.42 Å². The van der Waals surface area contributed by atoms with Crippen molar-refractivity contribution in [3.8, 4) is 5.75 Å². The lowest BCUT2D eigenvalue weighted by Gasteiger charge is -2.31. The van der Waals surface area contributed by atoms with Crippen LogP contribution in [0.3, 0.4) is 0 Å². The predicted octanol–water partition coefficient (Wildman–Crippen LogP) is -0.183. The molecule has 3 aliphatic rings. The molecule has 3 amide bonds. The highest BCUT2D eigenvalue weighted by Gasteiger charge is 2.39. The number of phenols is 1. The molecule has 1 aromatic rings. The van der Waals surface area contributed by atoms with Crippen LogP contribution in [0.25, 0.3) is 0 Å². The number of carbonyl (C=O) groups is 2. The lowest BCUT2D eigenvalue weighted by molar-refractivity contribution is -0.117. The first-order chi connectivity index (χ1) is 13.8. The fourth-order valence-corrected chi connectivity index (χ4v) is 4.94. The Morgan fingerprint density at radius 2 is 2.21 bits per heavy atom. The minimum Gasteiger partial charge on any atom is -0.506 e. The van der Waals surface area contributed by atoms with E-state index in [4.69, 9.17) is 4.74 Å². The van der Waals surface area contributed by atoms with Crippen LogP contribution in [0.5, 0.6) is 5.75 Å². The molecule has 4 rings (SSSR count). The van der Waals surface area contributed by atoms with Gasteiger partial charge in [-0.3, -0.25) is 4.79 Å². The topological polar surface area (TPSA) is 128 Å². The second-order valence-electron chi connectivity index (χ2n) is 7.32. The average molecular weight is 428 g/mol. The lowest BCUT2D eigenvalue weighted by atomic mass is 9.97. The molecule has 3 heterocycles. The molecule has 29 heavy (non-hydrogen) atoms. The van der Waals surface area contributed by atoms with E-state index in [0.29, 0.717) is 42.6 Å². The van der Waals surface area contributed by atoms with Gasteiger partial charge in [-0.1, -0.05) is 0 Å². The van der Waals surface area contributed by atoms with E-state index in [2.05, 4.69) is 5.32 Å². The first-order valence-electron chi connectivity index (χ1n) is 9.23. The van der Waals surface area contributed by atoms with Gasteiger partial charge in [0.15, 0.2) is 5.82 Å². The Bertz CT molecular complexity index is 963. The van der Waals surface area contributed by atoms with Gasteiger partial charge < -0.3 is 20.1 Å². The van der Waals surface area contributed by atoms with E-state index in [-0.39, 0.29) is 24.1 Å². The lowest BCUT2D eigenvalue weighted by Crippen LogP contribution is -2.44. The zero-order chi connectivity index (χ0) is 20.8. The van der Waals surface area contributed by atoms with Crippen LogP contribution in [0.1, 0.15) is 17.5 Å². The summed E-state index contributed by atoms with van der Waals surface area (Å²) in [6.45, 7) is 1.37. The maximum Gasteiger partial charge on any atom is 0.326 e. The van der Waals surface area contributed by atoms with Gasteiger partial charge in [-0.25, -0.2) is 18.2 Å². The van der Waals surface area contributed by atoms with E-state index in [1.165, 1.54) is 11.0 Å². The van der Waals surface area contributed by atoms with Crippen molar-refractivity contribution >= 4 is 27.8 Å². The van der Waals surface area contributed by atoms with Gasteiger partial charge in [0.1, 0.15) is 18.0 Å². The molecule has 1 atom stereocenters. The number of nitrogens with one attached hydrogen (secondary N) is 2. The van der Waals surface area contributed by atoms with Gasteiger partial charge in [-0.15, -0.1) is 0 Å². The molecule has 2 fully saturated rings. The van der Waals surface area contributed by atoms with Crippen LogP contribution in [0, 0.1) is 11.7 Å². The van der Waals surface area contributed by atoms with E-state index in [0.717, 1.165) is 6.42 Å². The number of phenolic OH excluding ortho intramolecular Hbond substituents is 1. The second kappa shape index (κ2) is 7.34. The van der Waals surface area contributed by atoms with E-state index in [9.17, 15) is 23.1 Å². The van der Waals surface area contributed by atoms with Gasteiger partial charge >= 0.3 is 16.2 Å². The summed E-state index contributed by atoms with van der Waals surface area (Å²) in [4.78, 5) is 25.4. The normalized spacial score (nSPS) is 23.1. The SMILES string of the molecule is O=C1CN(c2c(O)cc3c(c2F)CN(C(=O)NCC2CCOC2)CC3)S(=O)(=O)N1. The Kier molecular flexibility index (Phi) is 4.99. The van der Waals surface area contributed by atoms with Gasteiger partial charge in [0.2, 0.25) is 0 Å². The molecule has 1 aromatic carbocycles. The molecule has 0 saturated carbocycles. The highest BCUT2D eigenvalue weighted by Crippen LogP contribution is 2.39. The van der Waals surface area contributed by atoms with Crippen LogP contribution in [-0.2, 0) is 32.7 Å². The summed E-state index contributed by atoms with van der Waals surface area (Å²) in [6, 6.07) is 0.944. The molecule has 158 valence electrons. The maximum absolute atomic E-state index is 15.2. The molecule has 0 spiro atoms. The molecule has 12 heteroatoms. The summed E-state index contributed by atoms with van der Waals surface area (Å²) < 4.78 is 46.9. The van der Waals surface area contributed by atoms with Gasteiger partial charge in [0, 0.05) is 31.2 Å². The Morgan fingerprint density at radius 3 is 2.86 bits per heavy atom. The molecule has 0 radical (unpaired) electrons. The fourth-order valence-electron chi connectivity index (χ4n) is 3.78. The zero-order valence-corrected chi connectivity index (χ0v) is 16.3. The number of ether oxygens (including phenoxy) is 1. The first-order valence-corrected chi connectivity index (χ1v) is 10.7. The maximum atomic E-state index is 15.2. The predicted molar refractivity (Wildman–Crippen MR) is 98.9 cm³/mol. The van der Waals surface area contributed by atoms with Crippen LogP contribution in [0.4, 0.5) is 14.9 Å². The molecular formula is C17H21FN4O6S. The van der Waals surface area contributed by atoms with E-state index in [1.807, 2.05) is 0 Å². The van der Waals surface area contributed by atoms with Crippen LogP contribution in [0.15, 0.2) is 6.07 Å². The van der Waals surface area contributed by atoms with Crippen LogP contribution in [-0.4, -0.2) is 63.2 Å². The monoisotopic (exact) mass is 428 g/mol. The molecule has 2 saturated heterocycles. The summed E-state index contributed by atoms with van der Waals surface area (Å²) in [7, 11) is -4.28. The van der Waals surface area contributed by atoms with Crippen molar-refractivity contribution in [1.82, 2.24) is 14.9 Å². The highest BCUT2D eigenvalue weighted by molar-refractivity contribution is 7.92. The summed E-state index contributed by atoms with van der Waals surface area (Å²) in [5, 5.41) is 13.0. The standard InChI is InChI=1S/C17H21FN4O6S/c18-15-12-7-21(17(25)19-6-10-2-4-28-9-10)3-1-11(12)5-13(23)16(15)22-8-14(24)20-29(22,26)27/h5,10,23H,1-4,6-9H2,(H,19,25)(H,20,24). The van der Waals surface area contributed by atoms with Crippen LogP contribution in [0.2, 0.25) is 0 Å². The molecule has 1 unspecified atom stereocenters. The number of hydrogen-bond acceptors (Lipinski definition) is 6. The molecule has 10 nitrogen and oxygen atoms in total. The summed E-state index contributed by atoms with van der Waals surface area (Å²) in [5.41, 5.74) is 0.0262. The highest BCUT2D eigenvalue weighted by atomic mass is 32.2. The number of carbonyl (C=O) groups excluding carboxylic acids is 2. The molecule has 3 N–H and O–H groups in total. The first kappa shape index (κ1) is 19.7. The number of hydrogen-bond donors (Lipinski definition) is 3. The van der Waals surface area contributed by atoms with Crippen molar-refractivity contribution in [2.45, 2.75) is 19.4 Å². The number of amides is 3. The number of aromatic hydroxyl groups is 1. The molecular weight excluding hydrogens is 407 g/mol. The molecule has 0 aromatic heterocycles. The number of nitrogens with zero attached hydrogens (tertiary/aromatic N) is 2. The van der Waals surface area contributed by atoms with Gasteiger partial charge in [-0.05, 0) is 24.5 Å². The second-order valence-corrected chi connectivity index (χ2v) is 8.92. The summed E-state index contributed by atoms with van der Waals surface area (Å²) in [6.07, 6.45) is 1.18. The van der Waals surface area contributed by atoms with Crippen molar-refractivity contribution < 1.29 is 32.2 Å². The third kappa shape index (κ3) is 3.69. The van der Waals surface area contributed by atoms with Crippen molar-refractivity contribution in [2.24, 2.45) is 5.92 Å². The summed E-state index contributed by atoms with van der Waals surface area (Å²) in [5.74, 6) is -2.10. The van der Waals surface area contributed by atoms with Crippen molar-refractivity contribution in [2.75, 3.05) is 37.2 Å². The quantitative estimate of drug-likeness (QED) is 0.613. The number of anilines is 1. The van der Waals surface area contributed by atoms with E-state index in [1.54, 1.807) is 4.72 Å². The Labute approximate surface area is 166 Å². The van der Waals surface area contributed by atoms with E-state index >= 15 is 4.39 Å². The molecule has 3 aliphatic heterocycles. The number of rotatable bonds is 3. The third-order valence-electron chi connectivity index (χ3n) is 5.34. The van der Waals surface area contributed by atoms with Gasteiger partial charge in [0.25, 0.3) is 5.91 Å². The Hall–Kier alpha value is -2.60. The third-order valence-corrected chi connectivity index (χ3v) is 6.71. The molecule has 0 bridgehead atoms.